The van der Waals surface area contributed by atoms with E-state index in [9.17, 15) is 4.89 Å². The van der Waals surface area contributed by atoms with Gasteiger partial charge in [0.15, 0.2) is 0 Å². The van der Waals surface area contributed by atoms with E-state index in [1.165, 1.54) is 62.7 Å². The molecule has 2 fully saturated rings. The van der Waals surface area contributed by atoms with Crippen LogP contribution in [0.15, 0.2) is 0 Å². The topological polar surface area (TPSA) is 119 Å². The molecule has 1 atom stereocenters. The van der Waals surface area contributed by atoms with Crippen molar-refractivity contribution in [1.82, 2.24) is 0 Å². The fraction of sp³-hybridized carbons (Fsp3) is 1.00. The second kappa shape index (κ2) is 12.0. The third kappa shape index (κ3) is 14.4. The minimum Gasteiger partial charge on any atom is -0.822 e. The summed E-state index contributed by atoms with van der Waals surface area (Å²) in [6, 6.07) is 0. The summed E-state index contributed by atoms with van der Waals surface area (Å²) in [4.78, 5) is 38.0. The molecule has 6 nitrogen and oxygen atoms in total. The summed E-state index contributed by atoms with van der Waals surface area (Å²) in [5, 5.41) is 0.482. The molecule has 0 aromatic heterocycles. The summed E-state index contributed by atoms with van der Waals surface area (Å²) in [5.74, 6) is 0. The molecule has 11 heteroatoms. The number of rotatable bonds is 4. The summed E-state index contributed by atoms with van der Waals surface area (Å²) >= 11 is 6.67. The van der Waals surface area contributed by atoms with Gasteiger partial charge in [-0.05, 0) is 25.7 Å². The molecular formula is C12H22FeO6P2S2. The molecule has 1 unspecified atom stereocenters. The van der Waals surface area contributed by atoms with Crippen LogP contribution in [-0.2, 0) is 38.0 Å². The van der Waals surface area contributed by atoms with Crippen LogP contribution < -0.4 is 19.6 Å². The Morgan fingerprint density at radius 3 is 1.70 bits per heavy atom. The Bertz CT molecular complexity index is 378. The first-order valence-corrected chi connectivity index (χ1v) is 13.1. The quantitative estimate of drug-likeness (QED) is 0.468. The van der Waals surface area contributed by atoms with Crippen LogP contribution in [0.4, 0.5) is 0 Å². The Kier molecular flexibility index (Phi) is 12.8. The Morgan fingerprint density at radius 2 is 1.26 bits per heavy atom. The maximum absolute atomic E-state index is 12.3. The second-order valence-corrected chi connectivity index (χ2v) is 12.7. The minimum absolute atomic E-state index is 0. The van der Waals surface area contributed by atoms with E-state index in [1.807, 2.05) is 0 Å². The van der Waals surface area contributed by atoms with E-state index in [0.29, 0.717) is 5.25 Å². The Hall–Kier alpha value is 1.55. The van der Waals surface area contributed by atoms with Gasteiger partial charge in [-0.25, -0.2) is 0 Å². The summed E-state index contributed by atoms with van der Waals surface area (Å²) < 4.78 is 14.3. The first kappa shape index (κ1) is 24.5. The van der Waals surface area contributed by atoms with Crippen molar-refractivity contribution in [3.63, 3.8) is 0 Å². The SMILES string of the molecule is O=P([O-])([O-])[O-].[Fe+4].[O-]P(=S)(OC1CCCCC1)SC1CCCCC1. The first-order valence-electron chi connectivity index (χ1n) is 7.56. The maximum Gasteiger partial charge on any atom is 4.00 e. The van der Waals surface area contributed by atoms with Crippen LogP contribution in [-0.4, -0.2) is 11.4 Å². The van der Waals surface area contributed by atoms with Crippen LogP contribution in [0.5, 0.6) is 0 Å². The van der Waals surface area contributed by atoms with Crippen LogP contribution >= 0.6 is 24.9 Å². The average molecular weight is 444 g/mol. The molecule has 0 aromatic carbocycles. The molecule has 2 aliphatic carbocycles. The van der Waals surface area contributed by atoms with Crippen molar-refractivity contribution in [3.05, 3.63) is 0 Å². The summed E-state index contributed by atoms with van der Waals surface area (Å²) in [7, 11) is -5.39. The normalized spacial score (nSPS) is 23.1. The zero-order valence-electron chi connectivity index (χ0n) is 12.7. The van der Waals surface area contributed by atoms with Crippen molar-refractivity contribution in [2.24, 2.45) is 0 Å². The summed E-state index contributed by atoms with van der Waals surface area (Å²) in [5.41, 5.74) is -2.83. The van der Waals surface area contributed by atoms with Crippen molar-refractivity contribution >= 4 is 36.7 Å². The first-order chi connectivity index (χ1) is 10.2. The molecule has 0 bridgehead atoms. The summed E-state index contributed by atoms with van der Waals surface area (Å²) in [6.07, 6.45) is 12.1. The number of phosphoric acid groups is 1. The van der Waals surface area contributed by atoms with Crippen molar-refractivity contribution in [1.29, 1.82) is 0 Å². The smallest absolute Gasteiger partial charge is 0.822 e. The van der Waals surface area contributed by atoms with Crippen LogP contribution in [0.25, 0.3) is 0 Å². The molecule has 0 N–H and O–H groups in total. The molecule has 0 radical (unpaired) electrons. The minimum atomic E-state index is -5.39. The molecular weight excluding hydrogens is 422 g/mol. The molecule has 2 aliphatic rings. The third-order valence-electron chi connectivity index (χ3n) is 3.66. The van der Waals surface area contributed by atoms with Gasteiger partial charge in [0, 0.05) is 10.9 Å². The zero-order valence-corrected chi connectivity index (χ0v) is 17.3. The molecule has 23 heavy (non-hydrogen) atoms. The Balaban J connectivity index is 0.000000709. The molecule has 2 saturated carbocycles. The van der Waals surface area contributed by atoms with E-state index >= 15 is 0 Å². The van der Waals surface area contributed by atoms with Gasteiger partial charge in [-0.3, -0.25) is 0 Å². The Labute approximate surface area is 157 Å². The van der Waals surface area contributed by atoms with Crippen molar-refractivity contribution in [2.45, 2.75) is 75.6 Å². The monoisotopic (exact) mass is 444 g/mol. The van der Waals surface area contributed by atoms with E-state index in [4.69, 9.17) is 35.6 Å². The van der Waals surface area contributed by atoms with E-state index in [-0.39, 0.29) is 23.2 Å². The van der Waals surface area contributed by atoms with Gasteiger partial charge in [-0.2, -0.15) is 7.82 Å². The van der Waals surface area contributed by atoms with Gasteiger partial charge in [-0.1, -0.05) is 50.3 Å². The van der Waals surface area contributed by atoms with Gasteiger partial charge >= 0.3 is 17.1 Å². The Morgan fingerprint density at radius 1 is 0.870 bits per heavy atom. The van der Waals surface area contributed by atoms with Crippen molar-refractivity contribution < 1.29 is 45.7 Å². The summed E-state index contributed by atoms with van der Waals surface area (Å²) in [6.45, 7) is 0. The molecule has 0 aromatic rings. The molecule has 136 valence electrons. The largest absolute Gasteiger partial charge is 4.00 e. The fourth-order valence-electron chi connectivity index (χ4n) is 2.73. The van der Waals surface area contributed by atoms with Gasteiger partial charge in [-0.15, -0.1) is 11.4 Å². The van der Waals surface area contributed by atoms with E-state index in [2.05, 4.69) is 0 Å². The molecule has 0 aliphatic heterocycles. The van der Waals surface area contributed by atoms with Crippen LogP contribution in [0.1, 0.15) is 64.2 Å². The molecule has 0 saturated heterocycles. The maximum atomic E-state index is 12.3. The third-order valence-corrected chi connectivity index (χ3v) is 8.20. The van der Waals surface area contributed by atoms with Gasteiger partial charge in [0.2, 0.25) is 0 Å². The van der Waals surface area contributed by atoms with Crippen molar-refractivity contribution in [3.8, 4) is 0 Å². The predicted octanol–water partition coefficient (Wildman–Crippen LogP) is 1.16. The second-order valence-electron chi connectivity index (χ2n) is 5.63. The molecule has 0 heterocycles. The van der Waals surface area contributed by atoms with E-state index in [1.54, 1.807) is 0 Å². The number of hydrogen-bond acceptors (Lipinski definition) is 8. The molecule has 0 spiro atoms. The van der Waals surface area contributed by atoms with Gasteiger partial charge < -0.3 is 28.7 Å². The molecule has 2 rings (SSSR count). The standard InChI is InChI=1S/C12H23O2PS2.Fe.H3O4P/c13-15(16,14-11-7-3-1-4-8-11)17-12-9-5-2-6-10-12;;1-5(2,3)4/h11-12H,1-10H2,(H,13,16);;(H3,1,2,3,4)/q;+4;/p-4. The molecule has 0 amide bonds. The zero-order chi connectivity index (χ0) is 16.6. The van der Waals surface area contributed by atoms with E-state index in [0.717, 1.165) is 12.8 Å². The van der Waals surface area contributed by atoms with Crippen molar-refractivity contribution in [2.75, 3.05) is 0 Å². The predicted molar refractivity (Wildman–Crippen MR) is 84.3 cm³/mol. The van der Waals surface area contributed by atoms with Gasteiger partial charge in [0.1, 0.15) is 0 Å². The average Bonchev–Trinajstić information content (AvgIpc) is 2.38. The van der Waals surface area contributed by atoms with Gasteiger partial charge in [0.05, 0.1) is 6.10 Å². The van der Waals surface area contributed by atoms with Gasteiger partial charge in [0.25, 0.3) is 0 Å². The van der Waals surface area contributed by atoms with E-state index < -0.39 is 13.5 Å². The van der Waals surface area contributed by atoms with Crippen LogP contribution in [0.2, 0.25) is 0 Å². The van der Waals surface area contributed by atoms with Crippen LogP contribution in [0.3, 0.4) is 0 Å². The number of hydrogen-bond donors (Lipinski definition) is 0. The fourth-order valence-corrected chi connectivity index (χ4v) is 7.97. The van der Waals surface area contributed by atoms with Crippen LogP contribution in [0, 0.1) is 0 Å².